The van der Waals surface area contributed by atoms with Crippen molar-refractivity contribution in [3.63, 3.8) is 0 Å². The molecule has 1 heterocycles. The zero-order chi connectivity index (χ0) is 13.8. The Bertz CT molecular complexity index is 454. The molecule has 104 valence electrons. The van der Waals surface area contributed by atoms with Crippen molar-refractivity contribution >= 4 is 11.6 Å². The lowest BCUT2D eigenvalue weighted by molar-refractivity contribution is 0.0614. The number of rotatable bonds is 3. The Morgan fingerprint density at radius 1 is 1.47 bits per heavy atom. The fourth-order valence-corrected chi connectivity index (χ4v) is 2.44. The normalized spacial score (nSPS) is 16.6. The molecule has 0 saturated carbocycles. The van der Waals surface area contributed by atoms with Crippen LogP contribution in [0, 0.1) is 5.92 Å². The van der Waals surface area contributed by atoms with E-state index in [1.807, 2.05) is 0 Å². The van der Waals surface area contributed by atoms with E-state index in [-0.39, 0.29) is 11.7 Å². The van der Waals surface area contributed by atoms with Gasteiger partial charge in [0.15, 0.2) is 0 Å². The van der Waals surface area contributed by atoms with Crippen molar-refractivity contribution in [3.05, 3.63) is 23.8 Å². The first-order valence-corrected chi connectivity index (χ1v) is 6.48. The van der Waals surface area contributed by atoms with Gasteiger partial charge in [0.1, 0.15) is 5.75 Å². The standard InChI is InChI=1S/C14H20N2O3/c1-19-9-10-4-6-16(7-5-10)14(18)12-8-11(17)2-3-13(12)15/h2-3,8,10,17H,4-7,9,15H2,1H3. The molecule has 0 bridgehead atoms. The summed E-state index contributed by atoms with van der Waals surface area (Å²) in [6, 6.07) is 4.47. The Labute approximate surface area is 113 Å². The second-order valence-electron chi connectivity index (χ2n) is 4.96. The number of aromatic hydroxyl groups is 1. The van der Waals surface area contributed by atoms with Gasteiger partial charge in [-0.05, 0) is 37.0 Å². The van der Waals surface area contributed by atoms with Crippen molar-refractivity contribution < 1.29 is 14.6 Å². The summed E-state index contributed by atoms with van der Waals surface area (Å²) in [4.78, 5) is 14.1. The second-order valence-corrected chi connectivity index (χ2v) is 4.96. The summed E-state index contributed by atoms with van der Waals surface area (Å²) in [5.74, 6) is 0.478. The number of hydrogen-bond donors (Lipinski definition) is 2. The molecule has 2 rings (SSSR count). The molecular formula is C14H20N2O3. The molecule has 1 amide bonds. The molecule has 0 unspecified atom stereocenters. The fourth-order valence-electron chi connectivity index (χ4n) is 2.44. The summed E-state index contributed by atoms with van der Waals surface area (Å²) >= 11 is 0. The Morgan fingerprint density at radius 3 is 2.79 bits per heavy atom. The minimum atomic E-state index is -0.107. The van der Waals surface area contributed by atoms with Gasteiger partial charge in [-0.15, -0.1) is 0 Å². The molecule has 0 spiro atoms. The smallest absolute Gasteiger partial charge is 0.256 e. The quantitative estimate of drug-likeness (QED) is 0.640. The Kier molecular flexibility index (Phi) is 4.27. The number of ether oxygens (including phenoxy) is 1. The number of nitrogen functional groups attached to an aromatic ring is 1. The zero-order valence-electron chi connectivity index (χ0n) is 11.1. The second kappa shape index (κ2) is 5.93. The molecule has 5 nitrogen and oxygen atoms in total. The van der Waals surface area contributed by atoms with E-state index in [2.05, 4.69) is 0 Å². The summed E-state index contributed by atoms with van der Waals surface area (Å²) in [6.45, 7) is 2.17. The number of nitrogens with zero attached hydrogens (tertiary/aromatic N) is 1. The summed E-state index contributed by atoms with van der Waals surface area (Å²) < 4.78 is 5.14. The van der Waals surface area contributed by atoms with Crippen LogP contribution in [0.3, 0.4) is 0 Å². The molecule has 1 aromatic carbocycles. The highest BCUT2D eigenvalue weighted by atomic mass is 16.5. The predicted molar refractivity (Wildman–Crippen MR) is 73.0 cm³/mol. The molecule has 1 aromatic rings. The monoisotopic (exact) mass is 264 g/mol. The minimum Gasteiger partial charge on any atom is -0.508 e. The molecule has 1 fully saturated rings. The van der Waals surface area contributed by atoms with Crippen molar-refractivity contribution in [2.24, 2.45) is 5.92 Å². The molecule has 0 radical (unpaired) electrons. The molecule has 19 heavy (non-hydrogen) atoms. The molecule has 1 saturated heterocycles. The lowest BCUT2D eigenvalue weighted by Gasteiger charge is -2.32. The van der Waals surface area contributed by atoms with Crippen LogP contribution in [0.1, 0.15) is 23.2 Å². The van der Waals surface area contributed by atoms with Crippen molar-refractivity contribution in [2.45, 2.75) is 12.8 Å². The van der Waals surface area contributed by atoms with Crippen molar-refractivity contribution in [3.8, 4) is 5.75 Å². The largest absolute Gasteiger partial charge is 0.508 e. The predicted octanol–water partition coefficient (Wildman–Crippen LogP) is 1.47. The Morgan fingerprint density at radius 2 is 2.16 bits per heavy atom. The van der Waals surface area contributed by atoms with Crippen LogP contribution in [-0.4, -0.2) is 42.7 Å². The average Bonchev–Trinajstić information content (AvgIpc) is 2.42. The van der Waals surface area contributed by atoms with Crippen LogP contribution in [0.4, 0.5) is 5.69 Å². The van der Waals surface area contributed by atoms with E-state index in [1.165, 1.54) is 12.1 Å². The molecule has 0 atom stereocenters. The van der Waals surface area contributed by atoms with Crippen molar-refractivity contribution in [1.82, 2.24) is 4.90 Å². The molecule has 0 aromatic heterocycles. The number of hydrogen-bond acceptors (Lipinski definition) is 4. The number of phenols is 1. The van der Waals surface area contributed by atoms with Gasteiger partial charge in [-0.3, -0.25) is 4.79 Å². The van der Waals surface area contributed by atoms with Gasteiger partial charge >= 0.3 is 0 Å². The summed E-state index contributed by atoms with van der Waals surface area (Å²) in [5.41, 5.74) is 6.58. The van der Waals surface area contributed by atoms with Gasteiger partial charge in [0, 0.05) is 32.5 Å². The summed E-state index contributed by atoms with van der Waals surface area (Å²) in [5, 5.41) is 9.45. The van der Waals surface area contributed by atoms with E-state index in [4.69, 9.17) is 10.5 Å². The highest BCUT2D eigenvalue weighted by molar-refractivity contribution is 5.99. The number of phenolic OH excluding ortho intramolecular Hbond substituents is 1. The maximum absolute atomic E-state index is 12.3. The van der Waals surface area contributed by atoms with Crippen LogP contribution in [-0.2, 0) is 4.74 Å². The SMILES string of the molecule is COCC1CCN(C(=O)c2cc(O)ccc2N)CC1. The number of carbonyl (C=O) groups excluding carboxylic acids is 1. The number of nitrogens with two attached hydrogens (primary N) is 1. The average molecular weight is 264 g/mol. The van der Waals surface area contributed by atoms with E-state index in [9.17, 15) is 9.90 Å². The van der Waals surface area contributed by atoms with E-state index in [0.29, 0.717) is 30.3 Å². The van der Waals surface area contributed by atoms with Crippen LogP contribution in [0.15, 0.2) is 18.2 Å². The van der Waals surface area contributed by atoms with Crippen LogP contribution < -0.4 is 5.73 Å². The Balaban J connectivity index is 2.03. The van der Waals surface area contributed by atoms with Gasteiger partial charge in [0.25, 0.3) is 5.91 Å². The van der Waals surface area contributed by atoms with Gasteiger partial charge < -0.3 is 20.5 Å². The molecule has 1 aliphatic heterocycles. The number of amides is 1. The highest BCUT2D eigenvalue weighted by Crippen LogP contribution is 2.23. The minimum absolute atomic E-state index is 0.0619. The molecule has 3 N–H and O–H groups in total. The van der Waals surface area contributed by atoms with E-state index < -0.39 is 0 Å². The first kappa shape index (κ1) is 13.7. The summed E-state index contributed by atoms with van der Waals surface area (Å²) in [7, 11) is 1.70. The van der Waals surface area contributed by atoms with Crippen LogP contribution in [0.25, 0.3) is 0 Å². The van der Waals surface area contributed by atoms with Gasteiger partial charge in [0.2, 0.25) is 0 Å². The van der Waals surface area contributed by atoms with Crippen LogP contribution in [0.2, 0.25) is 0 Å². The van der Waals surface area contributed by atoms with Gasteiger partial charge in [0.05, 0.1) is 5.56 Å². The van der Waals surface area contributed by atoms with Crippen LogP contribution in [0.5, 0.6) is 5.75 Å². The van der Waals surface area contributed by atoms with E-state index >= 15 is 0 Å². The van der Waals surface area contributed by atoms with Crippen molar-refractivity contribution in [2.75, 3.05) is 32.5 Å². The van der Waals surface area contributed by atoms with Crippen LogP contribution >= 0.6 is 0 Å². The number of likely N-dealkylation sites (tertiary alicyclic amines) is 1. The number of benzene rings is 1. The fraction of sp³-hybridized carbons (Fsp3) is 0.500. The van der Waals surface area contributed by atoms with E-state index in [0.717, 1.165) is 19.4 Å². The third-order valence-electron chi connectivity index (χ3n) is 3.57. The van der Waals surface area contributed by atoms with Crippen molar-refractivity contribution in [1.29, 1.82) is 0 Å². The van der Waals surface area contributed by atoms with Gasteiger partial charge in [-0.2, -0.15) is 0 Å². The lowest BCUT2D eigenvalue weighted by atomic mass is 9.97. The first-order valence-electron chi connectivity index (χ1n) is 6.48. The zero-order valence-corrected chi connectivity index (χ0v) is 11.1. The highest BCUT2D eigenvalue weighted by Gasteiger charge is 2.24. The maximum Gasteiger partial charge on any atom is 0.256 e. The molecular weight excluding hydrogens is 244 g/mol. The summed E-state index contributed by atoms with van der Waals surface area (Å²) in [6.07, 6.45) is 1.89. The van der Waals surface area contributed by atoms with E-state index in [1.54, 1.807) is 18.1 Å². The molecule has 1 aliphatic rings. The number of carbonyl (C=O) groups is 1. The third-order valence-corrected chi connectivity index (χ3v) is 3.57. The molecule has 0 aliphatic carbocycles. The Hall–Kier alpha value is -1.75. The molecule has 5 heteroatoms. The topological polar surface area (TPSA) is 75.8 Å². The maximum atomic E-state index is 12.3. The van der Waals surface area contributed by atoms with Gasteiger partial charge in [-0.25, -0.2) is 0 Å². The number of methoxy groups -OCH3 is 1. The number of anilines is 1. The lowest BCUT2D eigenvalue weighted by Crippen LogP contribution is -2.39. The number of piperidine rings is 1. The van der Waals surface area contributed by atoms with Gasteiger partial charge in [-0.1, -0.05) is 0 Å². The third kappa shape index (κ3) is 3.17. The first-order chi connectivity index (χ1) is 9.11.